The Morgan fingerprint density at radius 1 is 1.46 bits per heavy atom. The average Bonchev–Trinajstić information content (AvgIpc) is 1.94. The van der Waals surface area contributed by atoms with Crippen molar-refractivity contribution in [2.45, 2.75) is 58.1 Å². The number of nitrogens with one attached hydrogen (secondary N) is 1. The van der Waals surface area contributed by atoms with Crippen molar-refractivity contribution < 1.29 is 5.11 Å². The third kappa shape index (κ3) is 4.10. The standard InChI is InChI=1S/C11H23NO/c1-9(2)12-8-11(3,13)7-10-5-4-6-10/h9-10,12-13H,4-8H2,1-3H3. The fraction of sp³-hybridized carbons (Fsp3) is 1.00. The van der Waals surface area contributed by atoms with E-state index in [0.29, 0.717) is 6.04 Å². The van der Waals surface area contributed by atoms with Gasteiger partial charge in [-0.3, -0.25) is 0 Å². The van der Waals surface area contributed by atoms with Gasteiger partial charge in [0.15, 0.2) is 0 Å². The summed E-state index contributed by atoms with van der Waals surface area (Å²) in [6, 6.07) is 0.466. The van der Waals surface area contributed by atoms with Crippen LogP contribution in [-0.4, -0.2) is 23.3 Å². The van der Waals surface area contributed by atoms with Crippen LogP contribution >= 0.6 is 0 Å². The molecule has 0 bridgehead atoms. The lowest BCUT2D eigenvalue weighted by atomic mass is 9.78. The van der Waals surface area contributed by atoms with Crippen LogP contribution in [0.2, 0.25) is 0 Å². The van der Waals surface area contributed by atoms with Crippen molar-refractivity contribution in [3.05, 3.63) is 0 Å². The van der Waals surface area contributed by atoms with Gasteiger partial charge in [-0.2, -0.15) is 0 Å². The molecule has 0 spiro atoms. The Morgan fingerprint density at radius 2 is 2.08 bits per heavy atom. The molecule has 1 aliphatic rings. The van der Waals surface area contributed by atoms with E-state index in [1.165, 1.54) is 19.3 Å². The first-order valence-corrected chi connectivity index (χ1v) is 5.45. The van der Waals surface area contributed by atoms with Crippen molar-refractivity contribution in [3.8, 4) is 0 Å². The van der Waals surface area contributed by atoms with Crippen molar-refractivity contribution in [1.82, 2.24) is 5.32 Å². The molecule has 0 heterocycles. The minimum absolute atomic E-state index is 0.466. The van der Waals surface area contributed by atoms with Gasteiger partial charge in [-0.1, -0.05) is 33.1 Å². The molecule has 1 unspecified atom stereocenters. The van der Waals surface area contributed by atoms with Gasteiger partial charge in [0.2, 0.25) is 0 Å². The molecule has 1 saturated carbocycles. The first-order valence-electron chi connectivity index (χ1n) is 5.45. The summed E-state index contributed by atoms with van der Waals surface area (Å²) in [6.07, 6.45) is 4.96. The predicted octanol–water partition coefficient (Wildman–Crippen LogP) is 1.93. The summed E-state index contributed by atoms with van der Waals surface area (Å²) in [7, 11) is 0. The Bertz CT molecular complexity index is 150. The van der Waals surface area contributed by atoms with Gasteiger partial charge in [0.05, 0.1) is 5.60 Å². The van der Waals surface area contributed by atoms with Crippen LogP contribution in [0.5, 0.6) is 0 Å². The molecule has 1 atom stereocenters. The Balaban J connectivity index is 2.19. The van der Waals surface area contributed by atoms with E-state index < -0.39 is 5.60 Å². The predicted molar refractivity (Wildman–Crippen MR) is 55.7 cm³/mol. The van der Waals surface area contributed by atoms with Crippen LogP contribution in [0.4, 0.5) is 0 Å². The highest BCUT2D eigenvalue weighted by Crippen LogP contribution is 2.33. The maximum Gasteiger partial charge on any atom is 0.0746 e. The maximum atomic E-state index is 10.0. The molecule has 2 nitrogen and oxygen atoms in total. The summed E-state index contributed by atoms with van der Waals surface area (Å²) in [5.41, 5.74) is -0.505. The molecule has 0 aromatic rings. The molecular formula is C11H23NO. The van der Waals surface area contributed by atoms with Gasteiger partial charge >= 0.3 is 0 Å². The van der Waals surface area contributed by atoms with Gasteiger partial charge in [-0.25, -0.2) is 0 Å². The maximum absolute atomic E-state index is 10.0. The molecule has 0 amide bonds. The van der Waals surface area contributed by atoms with E-state index in [1.54, 1.807) is 0 Å². The summed E-state index contributed by atoms with van der Waals surface area (Å²) in [6.45, 7) is 6.89. The van der Waals surface area contributed by atoms with Crippen molar-refractivity contribution in [1.29, 1.82) is 0 Å². The van der Waals surface area contributed by atoms with Crippen LogP contribution in [0, 0.1) is 5.92 Å². The molecule has 13 heavy (non-hydrogen) atoms. The number of rotatable bonds is 5. The normalized spacial score (nSPS) is 22.8. The van der Waals surface area contributed by atoms with Gasteiger partial charge in [0.1, 0.15) is 0 Å². The van der Waals surface area contributed by atoms with E-state index in [-0.39, 0.29) is 0 Å². The van der Waals surface area contributed by atoms with Gasteiger partial charge in [-0.15, -0.1) is 0 Å². The highest BCUT2D eigenvalue weighted by Gasteiger charge is 2.28. The lowest BCUT2D eigenvalue weighted by molar-refractivity contribution is 0.0190. The first kappa shape index (κ1) is 11.0. The van der Waals surface area contributed by atoms with E-state index in [0.717, 1.165) is 18.9 Å². The zero-order valence-electron chi connectivity index (χ0n) is 9.14. The topological polar surface area (TPSA) is 32.3 Å². The average molecular weight is 185 g/mol. The molecule has 0 radical (unpaired) electrons. The minimum Gasteiger partial charge on any atom is -0.389 e. The summed E-state index contributed by atoms with van der Waals surface area (Å²) in [5.74, 6) is 0.781. The molecular weight excluding hydrogens is 162 g/mol. The van der Waals surface area contributed by atoms with Crippen LogP contribution in [0.1, 0.15) is 46.5 Å². The van der Waals surface area contributed by atoms with Crippen LogP contribution in [0.25, 0.3) is 0 Å². The van der Waals surface area contributed by atoms with E-state index in [1.807, 2.05) is 6.92 Å². The quantitative estimate of drug-likeness (QED) is 0.686. The summed E-state index contributed by atoms with van der Waals surface area (Å²) in [5, 5.41) is 13.3. The van der Waals surface area contributed by atoms with Crippen molar-refractivity contribution in [2.24, 2.45) is 5.92 Å². The van der Waals surface area contributed by atoms with Crippen LogP contribution in [-0.2, 0) is 0 Å². The number of hydrogen-bond donors (Lipinski definition) is 2. The van der Waals surface area contributed by atoms with E-state index >= 15 is 0 Å². The third-order valence-electron chi connectivity index (χ3n) is 2.84. The zero-order valence-corrected chi connectivity index (χ0v) is 9.14. The fourth-order valence-corrected chi connectivity index (χ4v) is 1.81. The number of hydrogen-bond acceptors (Lipinski definition) is 2. The van der Waals surface area contributed by atoms with Crippen molar-refractivity contribution in [3.63, 3.8) is 0 Å². The smallest absolute Gasteiger partial charge is 0.0746 e. The largest absolute Gasteiger partial charge is 0.389 e. The van der Waals surface area contributed by atoms with E-state index in [2.05, 4.69) is 19.2 Å². The number of aliphatic hydroxyl groups is 1. The second-order valence-electron chi connectivity index (χ2n) is 5.03. The molecule has 0 aromatic heterocycles. The Kier molecular flexibility index (Phi) is 3.74. The zero-order chi connectivity index (χ0) is 9.90. The second-order valence-corrected chi connectivity index (χ2v) is 5.03. The molecule has 78 valence electrons. The molecule has 1 aliphatic carbocycles. The van der Waals surface area contributed by atoms with E-state index in [4.69, 9.17) is 0 Å². The highest BCUT2D eigenvalue weighted by atomic mass is 16.3. The molecule has 1 fully saturated rings. The lowest BCUT2D eigenvalue weighted by Gasteiger charge is -2.34. The minimum atomic E-state index is -0.505. The summed E-state index contributed by atoms with van der Waals surface area (Å²) >= 11 is 0. The van der Waals surface area contributed by atoms with E-state index in [9.17, 15) is 5.11 Å². The third-order valence-corrected chi connectivity index (χ3v) is 2.84. The Hall–Kier alpha value is -0.0800. The van der Waals surface area contributed by atoms with Crippen LogP contribution < -0.4 is 5.32 Å². The highest BCUT2D eigenvalue weighted by molar-refractivity contribution is 4.83. The molecule has 0 aliphatic heterocycles. The second kappa shape index (κ2) is 4.43. The van der Waals surface area contributed by atoms with Gasteiger partial charge in [-0.05, 0) is 19.3 Å². The molecule has 0 saturated heterocycles. The van der Waals surface area contributed by atoms with Crippen LogP contribution in [0.15, 0.2) is 0 Å². The lowest BCUT2D eigenvalue weighted by Crippen LogP contribution is -2.42. The van der Waals surface area contributed by atoms with Crippen LogP contribution in [0.3, 0.4) is 0 Å². The monoisotopic (exact) mass is 185 g/mol. The molecule has 2 heteroatoms. The van der Waals surface area contributed by atoms with Crippen molar-refractivity contribution >= 4 is 0 Å². The van der Waals surface area contributed by atoms with Gasteiger partial charge in [0, 0.05) is 12.6 Å². The van der Waals surface area contributed by atoms with Crippen molar-refractivity contribution in [2.75, 3.05) is 6.54 Å². The SMILES string of the molecule is CC(C)NCC(C)(O)CC1CCC1. The summed E-state index contributed by atoms with van der Waals surface area (Å²) in [4.78, 5) is 0. The fourth-order valence-electron chi connectivity index (χ4n) is 1.81. The Morgan fingerprint density at radius 3 is 2.46 bits per heavy atom. The Labute approximate surface area is 81.7 Å². The molecule has 0 aromatic carbocycles. The van der Waals surface area contributed by atoms with Gasteiger partial charge in [0.25, 0.3) is 0 Å². The summed E-state index contributed by atoms with van der Waals surface area (Å²) < 4.78 is 0. The molecule has 1 rings (SSSR count). The molecule has 2 N–H and O–H groups in total. The first-order chi connectivity index (χ1) is 5.99. The van der Waals surface area contributed by atoms with Gasteiger partial charge < -0.3 is 10.4 Å².